The molecule has 2 fully saturated rings. The largest absolute Gasteiger partial charge is 0.197 e. The lowest BCUT2D eigenvalue weighted by Crippen LogP contribution is -2.52. The number of benzene rings is 1. The summed E-state index contributed by atoms with van der Waals surface area (Å²) in [7, 11) is 0. The zero-order valence-electron chi connectivity index (χ0n) is 9.58. The molecular weight excluding hydrogens is 294 g/mol. The van der Waals surface area contributed by atoms with Crippen molar-refractivity contribution in [3.63, 3.8) is 0 Å². The van der Waals surface area contributed by atoms with E-state index in [2.05, 4.69) is 34.1 Å². The third kappa shape index (κ3) is 2.02. The lowest BCUT2D eigenvalue weighted by molar-refractivity contribution is 0.0152. The Hall–Kier alpha value is -0.460. The van der Waals surface area contributed by atoms with Crippen molar-refractivity contribution >= 4 is 27.7 Å². The highest BCUT2D eigenvalue weighted by atomic mass is 79.9. The normalized spacial score (nSPS) is 23.5. The molecule has 3 heteroatoms. The average Bonchev–Trinajstić information content (AvgIpc) is 2.23. The summed E-state index contributed by atoms with van der Waals surface area (Å²) in [5, 5.41) is 9.42. The highest BCUT2D eigenvalue weighted by Gasteiger charge is 2.58. The molecule has 0 heterocycles. The van der Waals surface area contributed by atoms with Gasteiger partial charge in [-0.25, -0.2) is 0 Å². The number of halogens is 1. The summed E-state index contributed by atoms with van der Waals surface area (Å²) >= 11 is 5.19. The predicted molar refractivity (Wildman–Crippen MR) is 73.9 cm³/mol. The second-order valence-electron chi connectivity index (χ2n) is 5.37. The highest BCUT2D eigenvalue weighted by molar-refractivity contribution is 9.10. The maximum absolute atomic E-state index is 9.42. The molecule has 0 N–H and O–H groups in total. The van der Waals surface area contributed by atoms with Gasteiger partial charge in [-0.3, -0.25) is 0 Å². The van der Waals surface area contributed by atoms with E-state index in [4.69, 9.17) is 0 Å². The molecule has 0 unspecified atom stereocenters. The van der Waals surface area contributed by atoms with Crippen molar-refractivity contribution in [2.75, 3.05) is 0 Å². The van der Waals surface area contributed by atoms with Crippen molar-refractivity contribution in [3.05, 3.63) is 28.7 Å². The van der Waals surface area contributed by atoms with Crippen LogP contribution in [0.5, 0.6) is 0 Å². The molecule has 0 radical (unpaired) electrons. The standard InChI is InChI=1S/C14H14BrNS/c15-11-2-4-12(5-3-11)17-14(10-16)8-13(9-14)6-1-7-13/h2-5H,1,6-9H2. The van der Waals surface area contributed by atoms with Gasteiger partial charge in [0.15, 0.2) is 0 Å². The Kier molecular flexibility index (Phi) is 2.76. The van der Waals surface area contributed by atoms with E-state index in [9.17, 15) is 5.26 Å². The molecule has 0 amide bonds. The van der Waals surface area contributed by atoms with Crippen molar-refractivity contribution in [3.8, 4) is 6.07 Å². The molecule has 3 rings (SSSR count). The number of hydrogen-bond donors (Lipinski definition) is 0. The second-order valence-corrected chi connectivity index (χ2v) is 7.74. The van der Waals surface area contributed by atoms with Crippen LogP contribution in [0.1, 0.15) is 32.1 Å². The topological polar surface area (TPSA) is 23.8 Å². The van der Waals surface area contributed by atoms with Crippen LogP contribution in [0.15, 0.2) is 33.6 Å². The Balaban J connectivity index is 1.71. The summed E-state index contributed by atoms with van der Waals surface area (Å²) in [5.41, 5.74) is 0.554. The van der Waals surface area contributed by atoms with E-state index in [1.807, 2.05) is 12.1 Å². The minimum Gasteiger partial charge on any atom is -0.197 e. The fraction of sp³-hybridized carbons (Fsp3) is 0.500. The van der Waals surface area contributed by atoms with E-state index >= 15 is 0 Å². The summed E-state index contributed by atoms with van der Waals surface area (Å²) in [4.78, 5) is 1.21. The first-order valence-electron chi connectivity index (χ1n) is 6.01. The molecule has 0 atom stereocenters. The van der Waals surface area contributed by atoms with Crippen LogP contribution in [0.4, 0.5) is 0 Å². The lowest BCUT2D eigenvalue weighted by atomic mass is 9.52. The van der Waals surface area contributed by atoms with Crippen LogP contribution < -0.4 is 0 Å². The first kappa shape index (κ1) is 11.6. The maximum Gasteiger partial charge on any atom is 0.108 e. The number of thioether (sulfide) groups is 1. The number of hydrogen-bond acceptors (Lipinski definition) is 2. The van der Waals surface area contributed by atoms with E-state index in [1.54, 1.807) is 11.8 Å². The molecule has 1 aromatic carbocycles. The predicted octanol–water partition coefficient (Wildman–Crippen LogP) is 4.77. The monoisotopic (exact) mass is 307 g/mol. The molecule has 0 aliphatic heterocycles. The molecule has 2 saturated carbocycles. The van der Waals surface area contributed by atoms with E-state index in [1.165, 1.54) is 24.2 Å². The Morgan fingerprint density at radius 3 is 2.29 bits per heavy atom. The van der Waals surface area contributed by atoms with Gasteiger partial charge in [0, 0.05) is 9.37 Å². The Labute approximate surface area is 115 Å². The fourth-order valence-corrected chi connectivity index (χ4v) is 4.88. The zero-order valence-corrected chi connectivity index (χ0v) is 12.0. The highest BCUT2D eigenvalue weighted by Crippen LogP contribution is 2.65. The van der Waals surface area contributed by atoms with Crippen LogP contribution in [-0.4, -0.2) is 4.75 Å². The van der Waals surface area contributed by atoms with Crippen molar-refractivity contribution in [1.29, 1.82) is 5.26 Å². The molecular formula is C14H14BrNS. The van der Waals surface area contributed by atoms with E-state index in [0.717, 1.165) is 17.3 Å². The number of nitriles is 1. The van der Waals surface area contributed by atoms with Crippen LogP contribution in [-0.2, 0) is 0 Å². The van der Waals surface area contributed by atoms with Gasteiger partial charge in [0.25, 0.3) is 0 Å². The maximum atomic E-state index is 9.42. The van der Waals surface area contributed by atoms with Gasteiger partial charge in [-0.15, -0.1) is 11.8 Å². The van der Waals surface area contributed by atoms with Crippen molar-refractivity contribution in [2.24, 2.45) is 5.41 Å². The smallest absolute Gasteiger partial charge is 0.108 e. The Morgan fingerprint density at radius 1 is 1.18 bits per heavy atom. The summed E-state index contributed by atoms with van der Waals surface area (Å²) < 4.78 is 0.950. The zero-order chi connectivity index (χ0) is 11.9. The second kappa shape index (κ2) is 4.03. The van der Waals surface area contributed by atoms with Gasteiger partial charge in [-0.2, -0.15) is 5.26 Å². The molecule has 1 spiro atoms. The van der Waals surface area contributed by atoms with Gasteiger partial charge in [-0.05, 0) is 55.4 Å². The first-order valence-corrected chi connectivity index (χ1v) is 7.62. The molecule has 1 aromatic rings. The van der Waals surface area contributed by atoms with Gasteiger partial charge >= 0.3 is 0 Å². The van der Waals surface area contributed by atoms with Crippen molar-refractivity contribution < 1.29 is 0 Å². The number of nitrogens with zero attached hydrogens (tertiary/aromatic N) is 1. The van der Waals surface area contributed by atoms with Crippen LogP contribution in [0.2, 0.25) is 0 Å². The Morgan fingerprint density at radius 2 is 1.82 bits per heavy atom. The molecule has 0 aromatic heterocycles. The van der Waals surface area contributed by atoms with Crippen LogP contribution in [0.25, 0.3) is 0 Å². The quantitative estimate of drug-likeness (QED) is 0.786. The first-order chi connectivity index (χ1) is 8.15. The van der Waals surface area contributed by atoms with Crippen LogP contribution in [0.3, 0.4) is 0 Å². The molecule has 0 bridgehead atoms. The van der Waals surface area contributed by atoms with Gasteiger partial charge < -0.3 is 0 Å². The molecule has 1 nitrogen and oxygen atoms in total. The van der Waals surface area contributed by atoms with Gasteiger partial charge in [0.1, 0.15) is 4.75 Å². The van der Waals surface area contributed by atoms with Crippen LogP contribution in [0, 0.1) is 16.7 Å². The average molecular weight is 308 g/mol. The van der Waals surface area contributed by atoms with E-state index in [-0.39, 0.29) is 4.75 Å². The van der Waals surface area contributed by atoms with Crippen molar-refractivity contribution in [2.45, 2.75) is 41.7 Å². The SMILES string of the molecule is N#CC1(Sc2ccc(Br)cc2)CC2(CCC2)C1. The lowest BCUT2D eigenvalue weighted by Gasteiger charge is -2.57. The molecule has 17 heavy (non-hydrogen) atoms. The summed E-state index contributed by atoms with van der Waals surface area (Å²) in [5.74, 6) is 0. The minimum absolute atomic E-state index is 0.145. The van der Waals surface area contributed by atoms with Crippen LogP contribution >= 0.6 is 27.7 Å². The van der Waals surface area contributed by atoms with Gasteiger partial charge in [0.05, 0.1) is 6.07 Å². The molecule has 0 saturated heterocycles. The van der Waals surface area contributed by atoms with E-state index < -0.39 is 0 Å². The minimum atomic E-state index is -0.145. The van der Waals surface area contributed by atoms with Gasteiger partial charge in [0.2, 0.25) is 0 Å². The number of rotatable bonds is 2. The molecule has 88 valence electrons. The summed E-state index contributed by atoms with van der Waals surface area (Å²) in [6.07, 6.45) is 6.24. The summed E-state index contributed by atoms with van der Waals surface area (Å²) in [6, 6.07) is 10.8. The Bertz CT molecular complexity index is 462. The third-order valence-electron chi connectivity index (χ3n) is 4.07. The molecule has 2 aliphatic rings. The van der Waals surface area contributed by atoms with E-state index in [0.29, 0.717) is 5.41 Å². The van der Waals surface area contributed by atoms with Gasteiger partial charge in [-0.1, -0.05) is 22.4 Å². The fourth-order valence-electron chi connectivity index (χ4n) is 3.09. The third-order valence-corrected chi connectivity index (χ3v) is 5.87. The van der Waals surface area contributed by atoms with Crippen molar-refractivity contribution in [1.82, 2.24) is 0 Å². The summed E-state index contributed by atoms with van der Waals surface area (Å²) in [6.45, 7) is 0. The molecule has 2 aliphatic carbocycles.